The van der Waals surface area contributed by atoms with Crippen LogP contribution in [0.3, 0.4) is 0 Å². The van der Waals surface area contributed by atoms with Crippen LogP contribution >= 0.6 is 15.9 Å². The molecule has 0 aliphatic rings. The molecule has 3 nitrogen and oxygen atoms in total. The zero-order valence-corrected chi connectivity index (χ0v) is 49.2. The summed E-state index contributed by atoms with van der Waals surface area (Å²) in [6, 6.07) is 66.5. The van der Waals surface area contributed by atoms with Crippen molar-refractivity contribution in [1.29, 1.82) is 0 Å². The second-order valence-corrected chi connectivity index (χ2v) is 22.7. The molecule has 0 unspecified atom stereocenters. The quantitative estimate of drug-likeness (QED) is 0.114. The first-order valence-electron chi connectivity index (χ1n) is 28.4. The van der Waals surface area contributed by atoms with Crippen LogP contribution in [0.15, 0.2) is 254 Å². The van der Waals surface area contributed by atoms with E-state index < -0.39 is 17.5 Å². The van der Waals surface area contributed by atoms with Gasteiger partial charge in [-0.2, -0.15) is 0 Å². The number of hydrogen-bond donors (Lipinski definition) is 0. The predicted octanol–water partition coefficient (Wildman–Crippen LogP) is 22.4. The summed E-state index contributed by atoms with van der Waals surface area (Å²) in [5.41, 5.74) is 21.1. The van der Waals surface area contributed by atoms with Gasteiger partial charge in [0.15, 0.2) is 0 Å². The molecule has 0 spiro atoms. The van der Waals surface area contributed by atoms with Crippen molar-refractivity contribution in [1.82, 2.24) is 15.0 Å². The Morgan fingerprint density at radius 2 is 0.477 bits per heavy atom. The molecule has 0 radical (unpaired) electrons. The molecular weight excluding hydrogens is 1170 g/mol. The molecule has 0 aliphatic heterocycles. The van der Waals surface area contributed by atoms with Gasteiger partial charge in [0, 0.05) is 56.4 Å². The number of halogens is 7. The van der Waals surface area contributed by atoms with Gasteiger partial charge in [0.1, 0.15) is 34.9 Å². The van der Waals surface area contributed by atoms with E-state index in [0.29, 0.717) is 60.1 Å². The molecule has 10 aromatic carbocycles. The van der Waals surface area contributed by atoms with E-state index in [9.17, 15) is 13.2 Å². The van der Waals surface area contributed by atoms with Crippen LogP contribution in [0.1, 0.15) is 16.7 Å². The van der Waals surface area contributed by atoms with E-state index in [1.807, 2.05) is 124 Å². The lowest BCUT2D eigenvalue weighted by molar-refractivity contribution is 0.627. The number of pyridine rings is 3. The molecule has 0 saturated carbocycles. The molecule has 3 heterocycles. The van der Waals surface area contributed by atoms with Gasteiger partial charge in [-0.25, -0.2) is 26.3 Å². The largest absolute Gasteiger partial charge is 0.256 e. The van der Waals surface area contributed by atoms with Gasteiger partial charge in [0.05, 0.1) is 17.1 Å². The SMILES string of the molecule is Cc1cc(-c2ccc(-c3cc(F)ccc3-c3cc(-c4ccc(F)cc4-c4ccc(-c5cc(C)c(-c6ccc(F)cc6)cn5)cc4)cc(-c4ccc(F)cc4-c4ccc(-c5cc(C)c(-c6ccc(F)cc6)cn5)cc4Br)c3)cc2)ncc1-c1ccc(F)cc1. The van der Waals surface area contributed by atoms with Gasteiger partial charge in [-0.1, -0.05) is 131 Å². The number of aryl methyl sites for hydroxylation is 3. The maximum atomic E-state index is 15.9. The highest BCUT2D eigenvalue weighted by Gasteiger charge is 2.21. The minimum Gasteiger partial charge on any atom is -0.256 e. The summed E-state index contributed by atoms with van der Waals surface area (Å²) in [7, 11) is 0. The summed E-state index contributed by atoms with van der Waals surface area (Å²) in [6.07, 6.45) is 5.36. The van der Waals surface area contributed by atoms with Gasteiger partial charge < -0.3 is 0 Å². The van der Waals surface area contributed by atoms with Crippen LogP contribution in [-0.4, -0.2) is 15.0 Å². The molecule has 13 rings (SSSR count). The molecule has 0 saturated heterocycles. The molecule has 0 fully saturated rings. The number of rotatable bonds is 12. The summed E-state index contributed by atoms with van der Waals surface area (Å²) in [6.45, 7) is 5.97. The molecule has 10 heteroatoms. The predicted molar refractivity (Wildman–Crippen MR) is 347 cm³/mol. The van der Waals surface area contributed by atoms with Gasteiger partial charge >= 0.3 is 0 Å². The summed E-state index contributed by atoms with van der Waals surface area (Å²) < 4.78 is 89.5. The number of benzene rings is 10. The van der Waals surface area contributed by atoms with E-state index in [4.69, 9.17) is 15.0 Å². The van der Waals surface area contributed by atoms with Gasteiger partial charge in [-0.3, -0.25) is 15.0 Å². The summed E-state index contributed by atoms with van der Waals surface area (Å²) >= 11 is 3.86. The van der Waals surface area contributed by atoms with Crippen molar-refractivity contribution in [2.45, 2.75) is 20.8 Å². The lowest BCUT2D eigenvalue weighted by atomic mass is 9.86. The zero-order valence-electron chi connectivity index (χ0n) is 47.7. The minimum atomic E-state index is -0.448. The Hall–Kier alpha value is -10.3. The van der Waals surface area contributed by atoms with Crippen molar-refractivity contribution in [3.8, 4) is 134 Å². The van der Waals surface area contributed by atoms with E-state index in [1.54, 1.807) is 73.2 Å². The normalized spacial score (nSPS) is 11.3. The highest BCUT2D eigenvalue weighted by Crippen LogP contribution is 2.45. The van der Waals surface area contributed by atoms with Crippen molar-refractivity contribution < 1.29 is 26.3 Å². The lowest BCUT2D eigenvalue weighted by Gasteiger charge is -2.19. The Labute approximate surface area is 514 Å². The first kappa shape index (κ1) is 56.8. The average Bonchev–Trinajstić information content (AvgIpc) is 3.04. The van der Waals surface area contributed by atoms with E-state index >= 15 is 13.2 Å². The van der Waals surface area contributed by atoms with E-state index in [1.165, 1.54) is 72.8 Å². The molecule has 0 amide bonds. The standard InChI is InChI=1S/C78H50BrF6N3/c1-45-32-76(86-42-72(45)50-12-19-59(80)20-13-50)53-8-4-48(5-9-53)69-39-62(83)25-29-65(69)56-35-57(66-30-26-63(84)40-70(66)49-6-10-54(11-7-49)77-33-46(2)73(43-87-77)51-14-21-60(81)22-15-51)37-58(36-56)67-31-27-64(85)41-71(67)68-28-18-55(38-75(68)79)78-34-47(3)74(44-88-78)52-16-23-61(82)24-17-52/h4-44H,1-3H3. The Morgan fingerprint density at radius 1 is 0.216 bits per heavy atom. The Bertz CT molecular complexity index is 4610. The molecule has 0 aliphatic carbocycles. The molecule has 0 bridgehead atoms. The van der Waals surface area contributed by atoms with Gasteiger partial charge in [-0.05, 0) is 236 Å². The third kappa shape index (κ3) is 11.6. The number of aromatic nitrogens is 3. The smallest absolute Gasteiger partial charge is 0.123 e. The maximum Gasteiger partial charge on any atom is 0.123 e. The second-order valence-electron chi connectivity index (χ2n) is 21.9. The topological polar surface area (TPSA) is 38.7 Å². The van der Waals surface area contributed by atoms with E-state index in [0.717, 1.165) is 95.0 Å². The number of hydrogen-bond acceptors (Lipinski definition) is 3. The van der Waals surface area contributed by atoms with Crippen LogP contribution < -0.4 is 0 Å². The van der Waals surface area contributed by atoms with E-state index in [-0.39, 0.29) is 17.5 Å². The molecule has 0 atom stereocenters. The molecule has 3 aromatic heterocycles. The Kier molecular flexibility index (Phi) is 15.4. The van der Waals surface area contributed by atoms with Crippen molar-refractivity contribution in [2.75, 3.05) is 0 Å². The first-order chi connectivity index (χ1) is 42.7. The minimum absolute atomic E-state index is 0.314. The molecule has 13 aromatic rings. The number of nitrogens with zero attached hydrogens (tertiary/aromatic N) is 3. The van der Waals surface area contributed by atoms with Crippen LogP contribution in [0.5, 0.6) is 0 Å². The first-order valence-corrected chi connectivity index (χ1v) is 29.2. The average molecular weight is 1220 g/mol. The molecule has 426 valence electrons. The van der Waals surface area contributed by atoms with E-state index in [2.05, 4.69) is 15.9 Å². The highest BCUT2D eigenvalue weighted by atomic mass is 79.9. The monoisotopic (exact) mass is 1220 g/mol. The van der Waals surface area contributed by atoms with Crippen LogP contribution in [0, 0.1) is 55.7 Å². The summed E-state index contributed by atoms with van der Waals surface area (Å²) in [5.74, 6) is -2.26. The lowest BCUT2D eigenvalue weighted by Crippen LogP contribution is -1.95. The Morgan fingerprint density at radius 3 is 0.818 bits per heavy atom. The van der Waals surface area contributed by atoms with Crippen LogP contribution in [0.25, 0.3) is 134 Å². The van der Waals surface area contributed by atoms with Gasteiger partial charge in [-0.15, -0.1) is 0 Å². The van der Waals surface area contributed by atoms with Gasteiger partial charge in [0.25, 0.3) is 0 Å². The van der Waals surface area contributed by atoms with Crippen molar-refractivity contribution in [3.63, 3.8) is 0 Å². The fourth-order valence-electron chi connectivity index (χ4n) is 11.6. The Balaban J connectivity index is 0.915. The second kappa shape index (κ2) is 23.9. The molecule has 0 N–H and O–H groups in total. The third-order valence-electron chi connectivity index (χ3n) is 16.1. The van der Waals surface area contributed by atoms with Crippen LogP contribution in [-0.2, 0) is 0 Å². The zero-order chi connectivity index (χ0) is 60.7. The summed E-state index contributed by atoms with van der Waals surface area (Å²) in [5, 5.41) is 0. The van der Waals surface area contributed by atoms with Crippen molar-refractivity contribution in [2.24, 2.45) is 0 Å². The molecular formula is C78H50BrF6N3. The maximum absolute atomic E-state index is 15.9. The third-order valence-corrected chi connectivity index (χ3v) is 16.8. The van der Waals surface area contributed by atoms with Crippen molar-refractivity contribution in [3.05, 3.63) is 305 Å². The highest BCUT2D eigenvalue weighted by molar-refractivity contribution is 9.10. The molecule has 88 heavy (non-hydrogen) atoms. The summed E-state index contributed by atoms with van der Waals surface area (Å²) in [4.78, 5) is 14.4. The van der Waals surface area contributed by atoms with Crippen molar-refractivity contribution >= 4 is 15.9 Å². The van der Waals surface area contributed by atoms with Crippen LogP contribution in [0.4, 0.5) is 26.3 Å². The van der Waals surface area contributed by atoms with Gasteiger partial charge in [0.2, 0.25) is 0 Å². The fourth-order valence-corrected chi connectivity index (χ4v) is 12.2. The van der Waals surface area contributed by atoms with Crippen LogP contribution in [0.2, 0.25) is 0 Å². The fraction of sp³-hybridized carbons (Fsp3) is 0.0385.